The second kappa shape index (κ2) is 6.20. The van der Waals surface area contributed by atoms with Crippen LogP contribution in [0.15, 0.2) is 36.9 Å². The van der Waals surface area contributed by atoms with Crippen molar-refractivity contribution in [1.82, 2.24) is 4.90 Å². The SMILES string of the molecule is C=CCN(C(=O)C1CNc2ccccc2O1)C1CCCC1. The summed E-state index contributed by atoms with van der Waals surface area (Å²) >= 11 is 0. The van der Waals surface area contributed by atoms with Crippen LogP contribution >= 0.6 is 0 Å². The Bertz CT molecular complexity index is 523. The molecule has 0 saturated heterocycles. The summed E-state index contributed by atoms with van der Waals surface area (Å²) in [5, 5.41) is 3.28. The highest BCUT2D eigenvalue weighted by Gasteiger charge is 2.33. The Morgan fingerprint density at radius 1 is 1.38 bits per heavy atom. The van der Waals surface area contributed by atoms with Crippen molar-refractivity contribution in [2.75, 3.05) is 18.4 Å². The summed E-state index contributed by atoms with van der Waals surface area (Å²) in [7, 11) is 0. The van der Waals surface area contributed by atoms with Crippen molar-refractivity contribution in [2.24, 2.45) is 0 Å². The van der Waals surface area contributed by atoms with Crippen LogP contribution in [-0.4, -0.2) is 36.0 Å². The molecule has 1 aliphatic heterocycles. The third-order valence-electron chi connectivity index (χ3n) is 4.28. The number of benzene rings is 1. The number of nitrogens with zero attached hydrogens (tertiary/aromatic N) is 1. The first-order valence-electron chi connectivity index (χ1n) is 7.70. The zero-order valence-corrected chi connectivity index (χ0v) is 12.3. The van der Waals surface area contributed by atoms with Crippen LogP contribution in [0.3, 0.4) is 0 Å². The van der Waals surface area contributed by atoms with Gasteiger partial charge in [0.2, 0.25) is 0 Å². The fourth-order valence-electron chi connectivity index (χ4n) is 3.21. The molecule has 1 aromatic carbocycles. The second-order valence-corrected chi connectivity index (χ2v) is 5.70. The highest BCUT2D eigenvalue weighted by molar-refractivity contribution is 5.83. The Balaban J connectivity index is 1.73. The van der Waals surface area contributed by atoms with Gasteiger partial charge in [-0.05, 0) is 25.0 Å². The van der Waals surface area contributed by atoms with E-state index in [1.807, 2.05) is 29.2 Å². The number of hydrogen-bond donors (Lipinski definition) is 1. The van der Waals surface area contributed by atoms with Crippen LogP contribution in [0.5, 0.6) is 5.75 Å². The van der Waals surface area contributed by atoms with Crippen molar-refractivity contribution in [1.29, 1.82) is 0 Å². The number of ether oxygens (including phenoxy) is 1. The first kappa shape index (κ1) is 14.0. The van der Waals surface area contributed by atoms with Gasteiger partial charge in [0.15, 0.2) is 6.10 Å². The summed E-state index contributed by atoms with van der Waals surface area (Å²) in [6.07, 6.45) is 5.96. The lowest BCUT2D eigenvalue weighted by Gasteiger charge is -2.34. The van der Waals surface area contributed by atoms with E-state index in [0.29, 0.717) is 19.1 Å². The predicted octanol–water partition coefficient (Wildman–Crippen LogP) is 2.82. The molecule has 1 atom stereocenters. The molecule has 1 aliphatic carbocycles. The molecule has 1 fully saturated rings. The summed E-state index contributed by atoms with van der Waals surface area (Å²) in [4.78, 5) is 14.7. The molecule has 4 heteroatoms. The molecule has 1 saturated carbocycles. The molecule has 0 bridgehead atoms. The normalized spacial score (nSPS) is 21.0. The molecule has 112 valence electrons. The van der Waals surface area contributed by atoms with Gasteiger partial charge < -0.3 is 15.0 Å². The van der Waals surface area contributed by atoms with Crippen LogP contribution in [0, 0.1) is 0 Å². The number of para-hydroxylation sites is 2. The van der Waals surface area contributed by atoms with E-state index in [1.54, 1.807) is 6.08 Å². The van der Waals surface area contributed by atoms with Crippen molar-refractivity contribution in [3.8, 4) is 5.75 Å². The lowest BCUT2D eigenvalue weighted by molar-refractivity contribution is -0.140. The van der Waals surface area contributed by atoms with Crippen LogP contribution in [0.2, 0.25) is 0 Å². The van der Waals surface area contributed by atoms with E-state index < -0.39 is 6.10 Å². The van der Waals surface area contributed by atoms with Gasteiger partial charge in [-0.1, -0.05) is 31.1 Å². The minimum atomic E-state index is -0.444. The molecule has 0 aromatic heterocycles. The Morgan fingerprint density at radius 2 is 2.14 bits per heavy atom. The number of rotatable bonds is 4. The van der Waals surface area contributed by atoms with E-state index in [0.717, 1.165) is 24.3 Å². The summed E-state index contributed by atoms with van der Waals surface area (Å²) in [5.41, 5.74) is 0.956. The largest absolute Gasteiger partial charge is 0.477 e. The molecule has 4 nitrogen and oxygen atoms in total. The van der Waals surface area contributed by atoms with Gasteiger partial charge in [-0.25, -0.2) is 0 Å². The van der Waals surface area contributed by atoms with Crippen molar-refractivity contribution in [3.63, 3.8) is 0 Å². The highest BCUT2D eigenvalue weighted by Crippen LogP contribution is 2.30. The number of fused-ring (bicyclic) bond motifs is 1. The van der Waals surface area contributed by atoms with Crippen LogP contribution in [0.4, 0.5) is 5.69 Å². The fraction of sp³-hybridized carbons (Fsp3) is 0.471. The van der Waals surface area contributed by atoms with Gasteiger partial charge >= 0.3 is 0 Å². The third kappa shape index (κ3) is 2.89. The Morgan fingerprint density at radius 3 is 2.90 bits per heavy atom. The molecule has 0 spiro atoms. The topological polar surface area (TPSA) is 41.6 Å². The number of nitrogens with one attached hydrogen (secondary N) is 1. The van der Waals surface area contributed by atoms with Gasteiger partial charge in [0.1, 0.15) is 5.75 Å². The van der Waals surface area contributed by atoms with E-state index in [1.165, 1.54) is 12.8 Å². The van der Waals surface area contributed by atoms with Crippen LogP contribution in [0.1, 0.15) is 25.7 Å². The van der Waals surface area contributed by atoms with Gasteiger partial charge in [-0.3, -0.25) is 4.79 Å². The van der Waals surface area contributed by atoms with Crippen molar-refractivity contribution in [2.45, 2.75) is 37.8 Å². The van der Waals surface area contributed by atoms with Crippen LogP contribution in [-0.2, 0) is 4.79 Å². The maximum absolute atomic E-state index is 12.8. The Kier molecular flexibility index (Phi) is 4.13. The average Bonchev–Trinajstić information content (AvgIpc) is 3.05. The first-order valence-corrected chi connectivity index (χ1v) is 7.70. The molecule has 21 heavy (non-hydrogen) atoms. The van der Waals surface area contributed by atoms with E-state index in [-0.39, 0.29) is 5.91 Å². The molecular formula is C17H22N2O2. The zero-order valence-electron chi connectivity index (χ0n) is 12.3. The molecule has 1 unspecified atom stereocenters. The van der Waals surface area contributed by atoms with Gasteiger partial charge in [-0.2, -0.15) is 0 Å². The van der Waals surface area contributed by atoms with E-state index >= 15 is 0 Å². The number of carbonyl (C=O) groups excluding carboxylic acids is 1. The van der Waals surface area contributed by atoms with E-state index in [4.69, 9.17) is 4.74 Å². The molecule has 1 amide bonds. The maximum Gasteiger partial charge on any atom is 0.266 e. The monoisotopic (exact) mass is 286 g/mol. The van der Waals surface area contributed by atoms with Gasteiger partial charge in [0.05, 0.1) is 12.2 Å². The van der Waals surface area contributed by atoms with Crippen molar-refractivity contribution >= 4 is 11.6 Å². The van der Waals surface area contributed by atoms with E-state index in [2.05, 4.69) is 11.9 Å². The molecule has 1 aromatic rings. The number of carbonyl (C=O) groups is 1. The molecule has 1 heterocycles. The van der Waals surface area contributed by atoms with Crippen molar-refractivity contribution in [3.05, 3.63) is 36.9 Å². The standard InChI is InChI=1S/C17H22N2O2/c1-2-11-19(13-7-3-4-8-13)17(20)16-12-18-14-9-5-6-10-15(14)21-16/h2,5-6,9-10,13,16,18H,1,3-4,7-8,11-12H2. The molecule has 1 N–H and O–H groups in total. The number of hydrogen-bond acceptors (Lipinski definition) is 3. The Hall–Kier alpha value is -1.97. The lowest BCUT2D eigenvalue weighted by Crippen LogP contribution is -2.50. The van der Waals surface area contributed by atoms with Gasteiger partial charge in [0, 0.05) is 12.6 Å². The first-order chi connectivity index (χ1) is 10.3. The smallest absolute Gasteiger partial charge is 0.266 e. The average molecular weight is 286 g/mol. The summed E-state index contributed by atoms with van der Waals surface area (Å²) in [6.45, 7) is 4.91. The minimum absolute atomic E-state index is 0.0730. The zero-order chi connectivity index (χ0) is 14.7. The van der Waals surface area contributed by atoms with Crippen LogP contribution in [0.25, 0.3) is 0 Å². The maximum atomic E-state index is 12.8. The number of anilines is 1. The third-order valence-corrected chi connectivity index (χ3v) is 4.28. The lowest BCUT2D eigenvalue weighted by atomic mass is 10.1. The quantitative estimate of drug-likeness (QED) is 0.865. The van der Waals surface area contributed by atoms with Crippen molar-refractivity contribution < 1.29 is 9.53 Å². The molecular weight excluding hydrogens is 264 g/mol. The summed E-state index contributed by atoms with van der Waals surface area (Å²) in [6, 6.07) is 8.09. The molecule has 0 radical (unpaired) electrons. The molecule has 2 aliphatic rings. The van der Waals surface area contributed by atoms with Gasteiger partial charge in [-0.15, -0.1) is 6.58 Å². The van der Waals surface area contributed by atoms with Gasteiger partial charge in [0.25, 0.3) is 5.91 Å². The number of amides is 1. The summed E-state index contributed by atoms with van der Waals surface area (Å²) < 4.78 is 5.89. The second-order valence-electron chi connectivity index (χ2n) is 5.70. The van der Waals surface area contributed by atoms with E-state index in [9.17, 15) is 4.79 Å². The Labute approximate surface area is 125 Å². The highest BCUT2D eigenvalue weighted by atomic mass is 16.5. The minimum Gasteiger partial charge on any atom is -0.477 e. The van der Waals surface area contributed by atoms with Crippen LogP contribution < -0.4 is 10.1 Å². The fourth-order valence-corrected chi connectivity index (χ4v) is 3.21. The molecule has 3 rings (SSSR count). The summed E-state index contributed by atoms with van der Waals surface area (Å²) in [5.74, 6) is 0.830. The predicted molar refractivity (Wildman–Crippen MR) is 83.5 cm³/mol.